The van der Waals surface area contributed by atoms with Crippen LogP contribution in [0.3, 0.4) is 0 Å². The number of amidine groups is 2. The van der Waals surface area contributed by atoms with Gasteiger partial charge >= 0.3 is 0 Å². The summed E-state index contributed by atoms with van der Waals surface area (Å²) in [6, 6.07) is 24.9. The maximum Gasteiger partial charge on any atom is 0.274 e. The first-order valence-electron chi connectivity index (χ1n) is 36.0. The fourth-order valence-electron chi connectivity index (χ4n) is 10.7. The van der Waals surface area contributed by atoms with Gasteiger partial charge in [0.25, 0.3) is 30.5 Å². The molecule has 0 saturated carbocycles. The molecule has 3 N–H and O–H groups in total. The Kier molecular flexibility index (Phi) is 44.4. The lowest BCUT2D eigenvalue weighted by Gasteiger charge is -2.30. The number of nitrogens with one attached hydrogen (secondary N) is 3. The summed E-state index contributed by atoms with van der Waals surface area (Å²) < 4.78 is 0. The summed E-state index contributed by atoms with van der Waals surface area (Å²) in [5, 5.41) is 92.1. The van der Waals surface area contributed by atoms with Crippen LogP contribution < -0.4 is 16.0 Å². The molecule has 0 aromatic carbocycles. The lowest BCUT2D eigenvalue weighted by Crippen LogP contribution is -2.39. The normalized spacial score (nSPS) is 14.8. The highest BCUT2D eigenvalue weighted by atomic mass is 35.5. The smallest absolute Gasteiger partial charge is 0.274 e. The van der Waals surface area contributed by atoms with E-state index in [1.807, 2.05) is 70.3 Å². The summed E-state index contributed by atoms with van der Waals surface area (Å²) in [5.41, 5.74) is 6.67. The molecule has 4 fully saturated rings. The van der Waals surface area contributed by atoms with Crippen molar-refractivity contribution in [1.82, 2.24) is 94.9 Å². The van der Waals surface area contributed by atoms with Crippen molar-refractivity contribution in [3.63, 3.8) is 0 Å². The van der Waals surface area contributed by atoms with Crippen molar-refractivity contribution in [1.29, 1.82) is 5.26 Å². The molecule has 11 heterocycles. The predicted molar refractivity (Wildman–Crippen MR) is 469 cm³/mol. The molecule has 11 rings (SSSR count). The van der Waals surface area contributed by atoms with Crippen LogP contribution in [0.15, 0.2) is 185 Å². The van der Waals surface area contributed by atoms with Gasteiger partial charge in [-0.05, 0) is 94.8 Å². The van der Waals surface area contributed by atoms with Gasteiger partial charge < -0.3 is 60.0 Å². The summed E-state index contributed by atoms with van der Waals surface area (Å²) in [7, 11) is 12.0. The molecule has 0 aliphatic carbocycles. The van der Waals surface area contributed by atoms with Crippen LogP contribution in [-0.4, -0.2) is 238 Å². The maximum atomic E-state index is 10.6. The van der Waals surface area contributed by atoms with Crippen LogP contribution >= 0.6 is 105 Å². The lowest BCUT2D eigenvalue weighted by molar-refractivity contribution is -0.486. The van der Waals surface area contributed by atoms with E-state index in [9.17, 15) is 60.7 Å². The van der Waals surface area contributed by atoms with Gasteiger partial charge in [-0.1, -0.05) is 147 Å². The number of hydrogen-bond donors (Lipinski definition) is 3. The first-order valence-corrected chi connectivity index (χ1v) is 40.6. The maximum absolute atomic E-state index is 10.6. The standard InChI is InChI=1S/C11H13ClN4O2.C11H15ClN4O2.2C10H14ClN5O2.C10H11ClN4O2.C10H9ClN4S.C9H9ClN4O2S/c12-10-3-2-9(6-14-10)7-15-5-1-4-13-11(15)8-16(17)18;1-14(2)11(8-16(17)18)15(3)7-9-4-5-10(12)13-6-9;1-14(2)10(13-16(17)18)15(3)7-8-4-5-9(11)12-6-8;1-3-15(10(12-2)14-16(17)18)7-8-4-5-9(11)13-6-8;11-9-2-1-8(5-13-9)6-14-4-3-12-10(14)7-15(16)17;11-9-2-1-8(5-13-9)6-15-3-4-16-10(15)14-7-12;10-8-2-1-7(5-11-8)6-13-3-4-17-9(13)12-14(15)16/h2-3,6,8,13H,1,4-5,7H2;4-6,8H,7H2,1-3H3;4-6H,7H2,1-3H3;4-6H,3,7H2,1-2H3,(H,12,14);1-2,5,7,12H,3-4,6H2;1-2,5H,3-4,6H2;1-2,5H,3-4,6H2/b2*11-8+;13-10+;;10-7+;;12-9-. The summed E-state index contributed by atoms with van der Waals surface area (Å²) in [6.45, 7) is 11.0. The number of nitriles is 1. The Balaban J connectivity index is 0.000000253. The number of guanidine groups is 2. The molecule has 0 bridgehead atoms. The number of nitrogens with zero attached hydrogens (tertiary/aromatic N) is 27. The Hall–Kier alpha value is -11.8. The second-order valence-corrected chi connectivity index (χ2v) is 30.4. The van der Waals surface area contributed by atoms with Gasteiger partial charge in [-0.15, -0.1) is 4.99 Å². The van der Waals surface area contributed by atoms with Crippen LogP contribution in [0.25, 0.3) is 0 Å². The zero-order valence-electron chi connectivity index (χ0n) is 66.8. The van der Waals surface area contributed by atoms with E-state index in [-0.39, 0.29) is 11.9 Å². The van der Waals surface area contributed by atoms with Crippen molar-refractivity contribution in [3.05, 3.63) is 300 Å². The van der Waals surface area contributed by atoms with Crippen molar-refractivity contribution in [2.45, 2.75) is 59.2 Å². The number of pyridine rings is 7. The molecular formula is C71H85Cl7N30O12S2. The Morgan fingerprint density at radius 2 is 0.852 bits per heavy atom. The topological polar surface area (TPSA) is 488 Å². The third-order valence-corrected chi connectivity index (χ3v) is 19.6. The Bertz CT molecular complexity index is 4570. The summed E-state index contributed by atoms with van der Waals surface area (Å²) in [4.78, 5) is 109. The number of aliphatic imine (C=N–C) groups is 1. The monoisotopic (exact) mass is 1860 g/mol. The van der Waals surface area contributed by atoms with E-state index in [2.05, 4.69) is 76.0 Å². The number of aromatic nitrogens is 7. The number of halogens is 7. The minimum Gasteiger partial charge on any atom is -0.367 e. The fourth-order valence-corrected chi connectivity index (χ4v) is 13.4. The number of rotatable bonds is 23. The number of hydrogen-bond acceptors (Lipinski definition) is 29. The highest BCUT2D eigenvalue weighted by Gasteiger charge is 2.25. The predicted octanol–water partition coefficient (Wildman–Crippen LogP) is 11.2. The van der Waals surface area contributed by atoms with E-state index in [4.69, 9.17) is 86.5 Å². The summed E-state index contributed by atoms with van der Waals surface area (Å²) in [6.07, 6.45) is 17.4. The quantitative estimate of drug-likeness (QED) is 0.0134. The fraction of sp³-hybridized carbons (Fsp3) is 0.352. The zero-order valence-corrected chi connectivity index (χ0v) is 73.7. The van der Waals surface area contributed by atoms with Crippen LogP contribution in [0.1, 0.15) is 52.3 Å². The molecule has 7 aromatic heterocycles. The van der Waals surface area contributed by atoms with Crippen LogP contribution in [0, 0.1) is 72.1 Å². The van der Waals surface area contributed by atoms with Crippen molar-refractivity contribution in [2.24, 2.45) is 20.3 Å². The minimum atomic E-state index is -0.728. The average Bonchev–Trinajstić information content (AvgIpc) is 1.39. The van der Waals surface area contributed by atoms with Gasteiger partial charge in [0, 0.05) is 196 Å². The third-order valence-electron chi connectivity index (χ3n) is 16.1. The van der Waals surface area contributed by atoms with Gasteiger partial charge in [-0.3, -0.25) is 30.3 Å². The highest BCUT2D eigenvalue weighted by molar-refractivity contribution is 8.14. The Morgan fingerprint density at radius 3 is 1.20 bits per heavy atom. The molecular weight excluding hydrogens is 1780 g/mol. The van der Waals surface area contributed by atoms with Gasteiger partial charge in [0.15, 0.2) is 37.7 Å². The Labute approximate surface area is 744 Å². The molecule has 4 saturated heterocycles. The first-order chi connectivity index (χ1) is 58.1. The third kappa shape index (κ3) is 39.1. The minimum absolute atomic E-state index is 0.206. The van der Waals surface area contributed by atoms with Gasteiger partial charge in [0.2, 0.25) is 11.4 Å². The second-order valence-electron chi connectivity index (χ2n) is 25.6. The molecule has 4 aliphatic heterocycles. The van der Waals surface area contributed by atoms with Gasteiger partial charge in [-0.2, -0.15) is 5.26 Å². The SMILES string of the molecule is CCN(Cc1ccc(Cl)nc1)/C(=N/[N+](=O)[O-])NC.CN(C)/C(=C\[N+](=O)[O-])N(C)Cc1ccc(Cl)nc1.CN(C)/C(=N\[N+](=O)[O-])N(C)Cc1ccc(Cl)nc1.N#CN=C1SCCN1Cc1ccc(Cl)nc1.O=[N+]([O-])/C=C1\NCCCN1Cc1ccc(Cl)nc1.O=[N+]([O-])/C=C1\NCCN1Cc1ccc(Cl)nc1.O=[N+]([O-])/N=C1\SCCN1Cc1ccc(Cl)nc1. The molecule has 0 amide bonds. The van der Waals surface area contributed by atoms with Crippen LogP contribution in [-0.2, 0) is 45.8 Å². The Morgan fingerprint density at radius 1 is 0.484 bits per heavy atom. The molecule has 51 heteroatoms. The zero-order chi connectivity index (χ0) is 89.8. The molecule has 122 heavy (non-hydrogen) atoms. The largest absolute Gasteiger partial charge is 0.367 e. The average molecular weight is 1860 g/mol. The summed E-state index contributed by atoms with van der Waals surface area (Å²) >= 11 is 42.9. The molecule has 0 radical (unpaired) electrons. The molecule has 42 nitrogen and oxygen atoms in total. The van der Waals surface area contributed by atoms with Crippen molar-refractivity contribution in [2.75, 3.05) is 107 Å². The van der Waals surface area contributed by atoms with Gasteiger partial charge in [0.05, 0.1) is 19.9 Å². The molecule has 0 spiro atoms. The van der Waals surface area contributed by atoms with Gasteiger partial charge in [-0.25, -0.2) is 65.2 Å². The molecule has 0 atom stereocenters. The van der Waals surface area contributed by atoms with Crippen LogP contribution in [0.4, 0.5) is 0 Å². The number of thioether (sulfide) groups is 2. The first kappa shape index (κ1) is 101. The lowest BCUT2D eigenvalue weighted by atomic mass is 10.2. The number of nitro groups is 6. The van der Waals surface area contributed by atoms with E-state index in [0.29, 0.717) is 111 Å². The number of hydrazone groups is 3. The molecule has 7 aromatic rings. The van der Waals surface area contributed by atoms with E-state index in [1.54, 1.807) is 171 Å². The molecule has 4 aliphatic rings. The van der Waals surface area contributed by atoms with Crippen molar-refractivity contribution >= 4 is 127 Å². The second kappa shape index (κ2) is 53.7. The van der Waals surface area contributed by atoms with E-state index < -0.39 is 29.9 Å². The van der Waals surface area contributed by atoms with E-state index in [1.165, 1.54) is 11.8 Å². The van der Waals surface area contributed by atoms with Crippen LogP contribution in [0.5, 0.6) is 0 Å². The van der Waals surface area contributed by atoms with Crippen molar-refractivity contribution < 1.29 is 29.9 Å². The summed E-state index contributed by atoms with van der Waals surface area (Å²) in [5.74, 6) is 3.84. The molecule has 0 unspecified atom stereocenters. The van der Waals surface area contributed by atoms with Crippen molar-refractivity contribution in [3.8, 4) is 6.19 Å². The highest BCUT2D eigenvalue weighted by Crippen LogP contribution is 2.24. The van der Waals surface area contributed by atoms with Crippen LogP contribution in [0.2, 0.25) is 36.1 Å². The van der Waals surface area contributed by atoms with E-state index >= 15 is 0 Å². The molecule has 652 valence electrons. The van der Waals surface area contributed by atoms with Gasteiger partial charge in [0.1, 0.15) is 46.3 Å². The van der Waals surface area contributed by atoms with E-state index in [0.717, 1.165) is 120 Å².